The molecule has 1 aliphatic rings. The highest BCUT2D eigenvalue weighted by molar-refractivity contribution is 5.79. The Morgan fingerprint density at radius 2 is 2.18 bits per heavy atom. The molecule has 0 spiro atoms. The minimum absolute atomic E-state index is 0.0127. The maximum Gasteiger partial charge on any atom is 0.224 e. The van der Waals surface area contributed by atoms with Crippen LogP contribution in [-0.4, -0.2) is 28.3 Å². The molecule has 116 valence electrons. The summed E-state index contributed by atoms with van der Waals surface area (Å²) < 4.78 is 7.64. The van der Waals surface area contributed by atoms with Crippen molar-refractivity contribution in [2.24, 2.45) is 7.05 Å². The molecular formula is C17H21N3O2. The Kier molecular flexibility index (Phi) is 3.88. The smallest absolute Gasteiger partial charge is 0.224 e. The van der Waals surface area contributed by atoms with Crippen molar-refractivity contribution in [1.82, 2.24) is 15.1 Å². The van der Waals surface area contributed by atoms with Gasteiger partial charge in [0.15, 0.2) is 0 Å². The zero-order chi connectivity index (χ0) is 15.7. The highest BCUT2D eigenvalue weighted by atomic mass is 16.5. The first kappa shape index (κ1) is 14.6. The lowest BCUT2D eigenvalue weighted by molar-refractivity contribution is -0.120. The lowest BCUT2D eigenvalue weighted by Gasteiger charge is -2.12. The molecule has 1 aromatic carbocycles. The third kappa shape index (κ3) is 2.84. The van der Waals surface area contributed by atoms with Crippen molar-refractivity contribution >= 4 is 5.91 Å². The van der Waals surface area contributed by atoms with Gasteiger partial charge in [0.1, 0.15) is 11.9 Å². The van der Waals surface area contributed by atoms with E-state index in [0.717, 1.165) is 29.1 Å². The third-order valence-corrected chi connectivity index (χ3v) is 4.24. The fourth-order valence-corrected chi connectivity index (χ4v) is 2.89. The summed E-state index contributed by atoms with van der Waals surface area (Å²) in [4.78, 5) is 12.2. The summed E-state index contributed by atoms with van der Waals surface area (Å²) in [6, 6.07) is 8.02. The fraction of sp³-hybridized carbons (Fsp3) is 0.412. The first-order chi connectivity index (χ1) is 10.5. The zero-order valence-electron chi connectivity index (χ0n) is 13.2. The molecule has 1 aliphatic heterocycles. The van der Waals surface area contributed by atoms with Crippen LogP contribution >= 0.6 is 0 Å². The minimum atomic E-state index is 0.0127. The second-order valence-corrected chi connectivity index (χ2v) is 5.81. The lowest BCUT2D eigenvalue weighted by atomic mass is 10.1. The van der Waals surface area contributed by atoms with Crippen molar-refractivity contribution in [1.29, 1.82) is 0 Å². The van der Waals surface area contributed by atoms with Crippen molar-refractivity contribution in [2.45, 2.75) is 32.8 Å². The molecular weight excluding hydrogens is 278 g/mol. The van der Waals surface area contributed by atoms with Gasteiger partial charge < -0.3 is 10.1 Å². The molecule has 2 heterocycles. The number of amides is 1. The number of carbonyl (C=O) groups excluding carboxylic acids is 1. The maximum absolute atomic E-state index is 12.2. The highest BCUT2D eigenvalue weighted by Crippen LogP contribution is 2.27. The van der Waals surface area contributed by atoms with Crippen molar-refractivity contribution < 1.29 is 9.53 Å². The van der Waals surface area contributed by atoms with E-state index in [1.165, 1.54) is 5.56 Å². The van der Waals surface area contributed by atoms with E-state index in [-0.39, 0.29) is 12.0 Å². The van der Waals surface area contributed by atoms with Crippen LogP contribution in [-0.2, 0) is 24.7 Å². The van der Waals surface area contributed by atoms with Crippen LogP contribution in [0.25, 0.3) is 0 Å². The van der Waals surface area contributed by atoms with Crippen molar-refractivity contribution in [3.05, 3.63) is 46.8 Å². The van der Waals surface area contributed by atoms with E-state index in [1.54, 1.807) is 0 Å². The summed E-state index contributed by atoms with van der Waals surface area (Å²) in [5.74, 6) is 0.944. The van der Waals surface area contributed by atoms with Gasteiger partial charge in [-0.25, -0.2) is 0 Å². The first-order valence-electron chi connectivity index (χ1n) is 7.55. The summed E-state index contributed by atoms with van der Waals surface area (Å²) in [6.45, 7) is 4.46. The van der Waals surface area contributed by atoms with Crippen LogP contribution in [0.3, 0.4) is 0 Å². The van der Waals surface area contributed by atoms with Gasteiger partial charge in [-0.1, -0.05) is 18.2 Å². The van der Waals surface area contributed by atoms with Crippen LogP contribution in [0.15, 0.2) is 24.3 Å². The maximum atomic E-state index is 12.2. The number of fused-ring (bicyclic) bond motifs is 1. The molecule has 2 aromatic rings. The number of aryl methyl sites for hydroxylation is 2. The Bertz CT molecular complexity index is 681. The monoisotopic (exact) mass is 299 g/mol. The van der Waals surface area contributed by atoms with E-state index in [1.807, 2.05) is 43.8 Å². The van der Waals surface area contributed by atoms with Gasteiger partial charge in [0, 0.05) is 24.7 Å². The summed E-state index contributed by atoms with van der Waals surface area (Å²) in [6.07, 6.45) is 1.24. The van der Waals surface area contributed by atoms with E-state index < -0.39 is 0 Å². The molecule has 0 bridgehead atoms. The largest absolute Gasteiger partial charge is 0.488 e. The Morgan fingerprint density at radius 1 is 1.41 bits per heavy atom. The summed E-state index contributed by atoms with van der Waals surface area (Å²) in [5.41, 5.74) is 4.17. The van der Waals surface area contributed by atoms with Gasteiger partial charge in [-0.2, -0.15) is 5.10 Å². The molecule has 3 rings (SSSR count). The van der Waals surface area contributed by atoms with E-state index in [4.69, 9.17) is 4.74 Å². The van der Waals surface area contributed by atoms with Crippen molar-refractivity contribution in [3.63, 3.8) is 0 Å². The Labute approximate surface area is 130 Å². The number of hydrogen-bond donors (Lipinski definition) is 1. The summed E-state index contributed by atoms with van der Waals surface area (Å²) in [5, 5.41) is 7.31. The molecule has 0 aliphatic carbocycles. The molecule has 22 heavy (non-hydrogen) atoms. The zero-order valence-corrected chi connectivity index (χ0v) is 13.2. The molecule has 0 fully saturated rings. The van der Waals surface area contributed by atoms with Crippen LogP contribution in [0.2, 0.25) is 0 Å². The predicted octanol–water partition coefficient (Wildman–Crippen LogP) is 1.70. The van der Waals surface area contributed by atoms with Gasteiger partial charge in [0.25, 0.3) is 0 Å². The lowest BCUT2D eigenvalue weighted by Crippen LogP contribution is -2.35. The molecule has 0 unspecified atom stereocenters. The van der Waals surface area contributed by atoms with Gasteiger partial charge in [-0.3, -0.25) is 9.48 Å². The number of carbonyl (C=O) groups is 1. The average Bonchev–Trinajstić information content (AvgIpc) is 3.01. The molecule has 1 aromatic heterocycles. The number of ether oxygens (including phenoxy) is 1. The van der Waals surface area contributed by atoms with E-state index in [0.29, 0.717) is 13.0 Å². The summed E-state index contributed by atoms with van der Waals surface area (Å²) in [7, 11) is 1.90. The van der Waals surface area contributed by atoms with Crippen LogP contribution < -0.4 is 10.1 Å². The predicted molar refractivity (Wildman–Crippen MR) is 84.0 cm³/mol. The Morgan fingerprint density at radius 3 is 2.86 bits per heavy atom. The second-order valence-electron chi connectivity index (χ2n) is 5.81. The summed E-state index contributed by atoms with van der Waals surface area (Å²) >= 11 is 0. The van der Waals surface area contributed by atoms with Gasteiger partial charge in [0.2, 0.25) is 5.91 Å². The van der Waals surface area contributed by atoms with Gasteiger partial charge in [-0.05, 0) is 25.5 Å². The molecule has 5 nitrogen and oxygen atoms in total. The van der Waals surface area contributed by atoms with E-state index >= 15 is 0 Å². The van der Waals surface area contributed by atoms with Crippen molar-refractivity contribution in [3.8, 4) is 5.75 Å². The van der Waals surface area contributed by atoms with Gasteiger partial charge in [-0.15, -0.1) is 0 Å². The number of aromatic nitrogens is 2. The number of benzene rings is 1. The second kappa shape index (κ2) is 5.83. The topological polar surface area (TPSA) is 56.2 Å². The Balaban J connectivity index is 1.54. The van der Waals surface area contributed by atoms with Crippen LogP contribution in [0.1, 0.15) is 22.5 Å². The molecule has 1 amide bonds. The number of rotatable bonds is 4. The minimum Gasteiger partial charge on any atom is -0.488 e. The molecule has 0 radical (unpaired) electrons. The highest BCUT2D eigenvalue weighted by Gasteiger charge is 2.23. The standard InChI is InChI=1S/C17H21N3O2/c1-11-15(12(2)20(3)19-11)9-17(21)18-10-14-8-13-6-4-5-7-16(13)22-14/h4-7,14H,8-10H2,1-3H3,(H,18,21)/t14-/m1/s1. The quantitative estimate of drug-likeness (QED) is 0.935. The SMILES string of the molecule is Cc1nn(C)c(C)c1CC(=O)NC[C@H]1Cc2ccccc2O1. The molecule has 1 N–H and O–H groups in total. The molecule has 0 saturated carbocycles. The van der Waals surface area contributed by atoms with Gasteiger partial charge in [0.05, 0.1) is 18.7 Å². The molecule has 1 atom stereocenters. The molecule has 0 saturated heterocycles. The fourth-order valence-electron chi connectivity index (χ4n) is 2.89. The van der Waals surface area contributed by atoms with Crippen LogP contribution in [0.4, 0.5) is 0 Å². The van der Waals surface area contributed by atoms with Crippen LogP contribution in [0.5, 0.6) is 5.75 Å². The average molecular weight is 299 g/mol. The van der Waals surface area contributed by atoms with Gasteiger partial charge >= 0.3 is 0 Å². The number of nitrogens with one attached hydrogen (secondary N) is 1. The Hall–Kier alpha value is -2.30. The first-order valence-corrected chi connectivity index (χ1v) is 7.55. The number of hydrogen-bond acceptors (Lipinski definition) is 3. The molecule has 5 heteroatoms. The number of nitrogens with zero attached hydrogens (tertiary/aromatic N) is 2. The van der Waals surface area contributed by atoms with E-state index in [9.17, 15) is 4.79 Å². The normalized spacial score (nSPS) is 16.2. The van der Waals surface area contributed by atoms with Crippen molar-refractivity contribution in [2.75, 3.05) is 6.54 Å². The number of para-hydroxylation sites is 1. The van der Waals surface area contributed by atoms with E-state index in [2.05, 4.69) is 16.5 Å². The van der Waals surface area contributed by atoms with Crippen LogP contribution in [0, 0.1) is 13.8 Å². The third-order valence-electron chi connectivity index (χ3n) is 4.24.